The molecule has 2 atom stereocenters. The molecule has 3 heterocycles. The number of methoxy groups -OCH3 is 1. The summed E-state index contributed by atoms with van der Waals surface area (Å²) in [6.45, 7) is 4.83. The second-order valence-corrected chi connectivity index (χ2v) is 9.71. The number of likely N-dealkylation sites (tertiary alicyclic amines) is 1. The van der Waals surface area contributed by atoms with E-state index in [4.69, 9.17) is 9.72 Å². The van der Waals surface area contributed by atoms with Crippen molar-refractivity contribution in [3.05, 3.63) is 57.7 Å². The molecule has 0 bridgehead atoms. The number of fused-ring (bicyclic) bond motifs is 1. The number of pyridine rings is 1. The van der Waals surface area contributed by atoms with Crippen molar-refractivity contribution in [1.29, 1.82) is 0 Å². The molecule has 2 aromatic rings. The van der Waals surface area contributed by atoms with Crippen LogP contribution in [-0.2, 0) is 27.8 Å². The van der Waals surface area contributed by atoms with Gasteiger partial charge in [0, 0.05) is 28.7 Å². The molecule has 0 aliphatic carbocycles. The van der Waals surface area contributed by atoms with E-state index in [1.807, 2.05) is 0 Å². The van der Waals surface area contributed by atoms with Crippen LogP contribution in [0, 0.1) is 0 Å². The molecule has 0 saturated carbocycles. The summed E-state index contributed by atoms with van der Waals surface area (Å²) in [7, 11) is 1.48. The van der Waals surface area contributed by atoms with Gasteiger partial charge in [-0.1, -0.05) is 41.1 Å². The zero-order chi connectivity index (χ0) is 21.8. The first-order valence-electron chi connectivity index (χ1n) is 11.4. The Bertz CT molecular complexity index is 935. The van der Waals surface area contributed by atoms with E-state index < -0.39 is 0 Å². The van der Waals surface area contributed by atoms with E-state index in [0.717, 1.165) is 67.7 Å². The maximum Gasteiger partial charge on any atom is 0.323 e. The van der Waals surface area contributed by atoms with E-state index in [1.54, 1.807) is 0 Å². The van der Waals surface area contributed by atoms with Crippen LogP contribution in [0.2, 0.25) is 0 Å². The number of nitrogens with zero attached hydrogens (tertiary/aromatic N) is 2. The van der Waals surface area contributed by atoms with E-state index in [-0.39, 0.29) is 17.4 Å². The fourth-order valence-electron chi connectivity index (χ4n) is 5.16. The molecule has 1 saturated heterocycles. The highest BCUT2D eigenvalue weighted by atomic mass is 79.9. The fourth-order valence-corrected chi connectivity index (χ4v) is 5.56. The summed E-state index contributed by atoms with van der Waals surface area (Å²) in [6.07, 6.45) is 6.00. The van der Waals surface area contributed by atoms with Gasteiger partial charge in [0.2, 0.25) is 0 Å². The third kappa shape index (κ3) is 4.80. The Balaban J connectivity index is 1.58. The zero-order valence-corrected chi connectivity index (χ0v) is 20.1. The predicted molar refractivity (Wildman–Crippen MR) is 127 cm³/mol. The largest absolute Gasteiger partial charge is 0.468 e. The van der Waals surface area contributed by atoms with Crippen molar-refractivity contribution < 1.29 is 9.53 Å². The second kappa shape index (κ2) is 9.70. The van der Waals surface area contributed by atoms with Gasteiger partial charge in [-0.25, -0.2) is 4.98 Å². The molecule has 1 aromatic carbocycles. The predicted octanol–water partition coefficient (Wildman–Crippen LogP) is 4.73. The van der Waals surface area contributed by atoms with Crippen LogP contribution in [0.3, 0.4) is 0 Å². The molecular weight excluding hydrogens is 454 g/mol. The molecular formula is C25H32BrN3O2. The molecule has 4 rings (SSSR count). The summed E-state index contributed by atoms with van der Waals surface area (Å²) in [5, 5.41) is 3.45. The van der Waals surface area contributed by atoms with Crippen LogP contribution in [0.15, 0.2) is 40.9 Å². The first-order valence-corrected chi connectivity index (χ1v) is 12.1. The number of aryl methyl sites for hydroxylation is 2. The molecule has 1 unspecified atom stereocenters. The van der Waals surface area contributed by atoms with Crippen molar-refractivity contribution in [2.45, 2.75) is 56.9 Å². The van der Waals surface area contributed by atoms with Crippen molar-refractivity contribution in [1.82, 2.24) is 9.88 Å². The van der Waals surface area contributed by atoms with Crippen LogP contribution >= 0.6 is 15.9 Å². The maximum absolute atomic E-state index is 12.4. The number of benzene rings is 1. The minimum atomic E-state index is -0.176. The third-order valence-electron chi connectivity index (χ3n) is 6.93. The van der Waals surface area contributed by atoms with E-state index in [1.165, 1.54) is 24.7 Å². The smallest absolute Gasteiger partial charge is 0.323 e. The standard InChI is InChI=1S/C25H32BrN3O2/c1-3-22(24(30)31-2)29-15-13-25(17-29,19-7-4-8-20(26)16-19)12-11-21-10-9-18-6-5-14-27-23(18)28-21/h4,7-10,16,22H,3,5-6,11-15,17H2,1-2H3,(H,27,28)/t22?,25-/m0/s1. The number of rotatable bonds is 7. The van der Waals surface area contributed by atoms with E-state index in [9.17, 15) is 4.79 Å². The van der Waals surface area contributed by atoms with Gasteiger partial charge in [0.05, 0.1) is 7.11 Å². The van der Waals surface area contributed by atoms with Crippen LogP contribution in [0.4, 0.5) is 5.82 Å². The molecule has 0 amide bonds. The number of esters is 1. The number of hydrogen-bond donors (Lipinski definition) is 1. The summed E-state index contributed by atoms with van der Waals surface area (Å²) in [6, 6.07) is 12.9. The van der Waals surface area contributed by atoms with Gasteiger partial charge in [-0.2, -0.15) is 0 Å². The molecule has 0 spiro atoms. The molecule has 0 radical (unpaired) electrons. The van der Waals surface area contributed by atoms with Crippen molar-refractivity contribution >= 4 is 27.7 Å². The lowest BCUT2D eigenvalue weighted by atomic mass is 9.75. The average molecular weight is 486 g/mol. The van der Waals surface area contributed by atoms with Gasteiger partial charge in [-0.15, -0.1) is 0 Å². The van der Waals surface area contributed by atoms with Gasteiger partial charge in [-0.05, 0) is 74.4 Å². The van der Waals surface area contributed by atoms with Crippen LogP contribution in [0.25, 0.3) is 0 Å². The highest BCUT2D eigenvalue weighted by Gasteiger charge is 2.43. The Morgan fingerprint density at radius 3 is 3.00 bits per heavy atom. The number of anilines is 1. The van der Waals surface area contributed by atoms with Crippen LogP contribution < -0.4 is 5.32 Å². The summed E-state index contributed by atoms with van der Waals surface area (Å²) in [5.74, 6) is 0.931. The Morgan fingerprint density at radius 1 is 1.35 bits per heavy atom. The highest BCUT2D eigenvalue weighted by molar-refractivity contribution is 9.10. The average Bonchev–Trinajstić information content (AvgIpc) is 3.23. The lowest BCUT2D eigenvalue weighted by molar-refractivity contribution is -0.146. The van der Waals surface area contributed by atoms with Crippen molar-refractivity contribution in [2.24, 2.45) is 0 Å². The quantitative estimate of drug-likeness (QED) is 0.574. The van der Waals surface area contributed by atoms with Gasteiger partial charge in [0.1, 0.15) is 11.9 Å². The molecule has 1 N–H and O–H groups in total. The Morgan fingerprint density at radius 2 is 2.23 bits per heavy atom. The fraction of sp³-hybridized carbons (Fsp3) is 0.520. The van der Waals surface area contributed by atoms with E-state index in [2.05, 4.69) is 69.5 Å². The molecule has 6 heteroatoms. The number of halogens is 1. The molecule has 5 nitrogen and oxygen atoms in total. The Hall–Kier alpha value is -1.92. The topological polar surface area (TPSA) is 54.5 Å². The summed E-state index contributed by atoms with van der Waals surface area (Å²) in [4.78, 5) is 19.6. The van der Waals surface area contributed by atoms with Gasteiger partial charge in [0.15, 0.2) is 0 Å². The number of hydrogen-bond acceptors (Lipinski definition) is 5. The highest BCUT2D eigenvalue weighted by Crippen LogP contribution is 2.41. The van der Waals surface area contributed by atoms with Crippen LogP contribution in [0.1, 0.15) is 49.4 Å². The summed E-state index contributed by atoms with van der Waals surface area (Å²) in [5.41, 5.74) is 3.80. The second-order valence-electron chi connectivity index (χ2n) is 8.80. The Kier molecular flexibility index (Phi) is 6.97. The number of ether oxygens (including phenoxy) is 1. The van der Waals surface area contributed by atoms with Crippen LogP contribution in [0.5, 0.6) is 0 Å². The third-order valence-corrected chi connectivity index (χ3v) is 7.43. The van der Waals surface area contributed by atoms with Gasteiger partial charge < -0.3 is 10.1 Å². The molecule has 2 aliphatic heterocycles. The van der Waals surface area contributed by atoms with Crippen molar-refractivity contribution in [2.75, 3.05) is 32.1 Å². The SMILES string of the molecule is CCC(C(=O)OC)N1CC[C@](CCc2ccc3c(n2)NCCC3)(c2cccc(Br)c2)C1. The minimum absolute atomic E-state index is 0.00374. The van der Waals surface area contributed by atoms with Crippen LogP contribution in [-0.4, -0.2) is 48.6 Å². The molecule has 2 aliphatic rings. The monoisotopic (exact) mass is 485 g/mol. The van der Waals surface area contributed by atoms with Crippen molar-refractivity contribution in [3.8, 4) is 0 Å². The number of nitrogens with one attached hydrogen (secondary N) is 1. The molecule has 1 fully saturated rings. The maximum atomic E-state index is 12.4. The number of carbonyl (C=O) groups is 1. The first-order chi connectivity index (χ1) is 15.0. The molecule has 166 valence electrons. The number of aromatic nitrogens is 1. The summed E-state index contributed by atoms with van der Waals surface area (Å²) >= 11 is 3.65. The van der Waals surface area contributed by atoms with Crippen molar-refractivity contribution in [3.63, 3.8) is 0 Å². The lowest BCUT2D eigenvalue weighted by Gasteiger charge is -2.32. The normalized spacial score (nSPS) is 21.9. The van der Waals surface area contributed by atoms with Gasteiger partial charge in [0.25, 0.3) is 0 Å². The summed E-state index contributed by atoms with van der Waals surface area (Å²) < 4.78 is 6.18. The van der Waals surface area contributed by atoms with Gasteiger partial charge >= 0.3 is 5.97 Å². The lowest BCUT2D eigenvalue weighted by Crippen LogP contribution is -2.42. The molecule has 31 heavy (non-hydrogen) atoms. The minimum Gasteiger partial charge on any atom is -0.468 e. The zero-order valence-electron chi connectivity index (χ0n) is 18.5. The van der Waals surface area contributed by atoms with Gasteiger partial charge in [-0.3, -0.25) is 9.69 Å². The molecule has 1 aromatic heterocycles. The van der Waals surface area contributed by atoms with E-state index in [0.29, 0.717) is 0 Å². The van der Waals surface area contributed by atoms with E-state index >= 15 is 0 Å². The number of carbonyl (C=O) groups excluding carboxylic acids is 1. The Labute approximate surface area is 193 Å². The first kappa shape index (κ1) is 22.3.